The molecule has 0 aliphatic rings. The number of hydrogen-bond acceptors (Lipinski definition) is 2. The number of nitrogens with one attached hydrogen (secondary N) is 1. The third-order valence-electron chi connectivity index (χ3n) is 2.66. The molecule has 1 amide bonds. The fourth-order valence-corrected chi connectivity index (χ4v) is 1.62. The maximum atomic E-state index is 12.5. The second-order valence-electron chi connectivity index (χ2n) is 4.31. The zero-order valence-corrected chi connectivity index (χ0v) is 10.6. The Morgan fingerprint density at radius 3 is 2.68 bits per heavy atom. The van der Waals surface area contributed by atoms with Crippen LogP contribution in [0, 0.1) is 0 Å². The Morgan fingerprint density at radius 2 is 2.11 bits per heavy atom. The second kappa shape index (κ2) is 6.56. The summed E-state index contributed by atoms with van der Waals surface area (Å²) in [5.41, 5.74) is 5.27. The van der Waals surface area contributed by atoms with Gasteiger partial charge < -0.3 is 11.1 Å². The van der Waals surface area contributed by atoms with Gasteiger partial charge in [0.25, 0.3) is 0 Å². The van der Waals surface area contributed by atoms with Crippen molar-refractivity contribution in [1.82, 2.24) is 5.32 Å². The molecule has 1 atom stereocenters. The van der Waals surface area contributed by atoms with Crippen LogP contribution >= 0.6 is 0 Å². The number of carbonyl (C=O) groups is 1. The summed E-state index contributed by atoms with van der Waals surface area (Å²) in [6.45, 7) is 1.94. The Balaban J connectivity index is 2.61. The van der Waals surface area contributed by atoms with Gasteiger partial charge in [-0.05, 0) is 24.1 Å². The number of benzene rings is 1. The summed E-state index contributed by atoms with van der Waals surface area (Å²) in [4.78, 5) is 11.5. The van der Waals surface area contributed by atoms with Crippen molar-refractivity contribution in [1.29, 1.82) is 0 Å². The Labute approximate surface area is 110 Å². The minimum absolute atomic E-state index is 0.0418. The van der Waals surface area contributed by atoms with E-state index < -0.39 is 17.8 Å². The van der Waals surface area contributed by atoms with Crippen LogP contribution in [0.2, 0.25) is 0 Å². The van der Waals surface area contributed by atoms with Gasteiger partial charge in [0.15, 0.2) is 0 Å². The summed E-state index contributed by atoms with van der Waals surface area (Å²) in [7, 11) is 0. The van der Waals surface area contributed by atoms with Crippen LogP contribution in [0.3, 0.4) is 0 Å². The molecular formula is C13H17F3N2O. The van der Waals surface area contributed by atoms with Gasteiger partial charge in [0, 0.05) is 6.54 Å². The van der Waals surface area contributed by atoms with Crippen LogP contribution in [0.5, 0.6) is 0 Å². The predicted octanol–water partition coefficient (Wildman–Crippen LogP) is 2.45. The zero-order valence-electron chi connectivity index (χ0n) is 10.6. The first-order valence-corrected chi connectivity index (χ1v) is 6.04. The van der Waals surface area contributed by atoms with E-state index in [-0.39, 0.29) is 12.5 Å². The normalized spacial score (nSPS) is 13.1. The number of hydrogen-bond donors (Lipinski definition) is 2. The monoisotopic (exact) mass is 274 g/mol. The van der Waals surface area contributed by atoms with E-state index in [4.69, 9.17) is 5.73 Å². The summed E-state index contributed by atoms with van der Waals surface area (Å²) in [5, 5.41) is 2.53. The lowest BCUT2D eigenvalue weighted by Gasteiger charge is -2.12. The van der Waals surface area contributed by atoms with Crippen LogP contribution in [0.4, 0.5) is 13.2 Å². The molecule has 0 aromatic heterocycles. The highest BCUT2D eigenvalue weighted by molar-refractivity contribution is 5.81. The van der Waals surface area contributed by atoms with Gasteiger partial charge in [0.1, 0.15) is 0 Å². The van der Waals surface area contributed by atoms with Crippen molar-refractivity contribution in [3.8, 4) is 0 Å². The molecule has 0 heterocycles. The van der Waals surface area contributed by atoms with Gasteiger partial charge in [-0.15, -0.1) is 0 Å². The molecule has 1 aromatic rings. The fourth-order valence-electron chi connectivity index (χ4n) is 1.62. The van der Waals surface area contributed by atoms with Crippen LogP contribution in [0.15, 0.2) is 24.3 Å². The average Bonchev–Trinajstić information content (AvgIpc) is 2.35. The largest absolute Gasteiger partial charge is 0.416 e. The summed E-state index contributed by atoms with van der Waals surface area (Å²) < 4.78 is 37.5. The maximum Gasteiger partial charge on any atom is 0.416 e. The molecule has 0 radical (unpaired) electrons. The van der Waals surface area contributed by atoms with Crippen LogP contribution in [0.1, 0.15) is 30.9 Å². The third-order valence-corrected chi connectivity index (χ3v) is 2.66. The molecule has 1 rings (SSSR count). The van der Waals surface area contributed by atoms with E-state index in [0.29, 0.717) is 12.0 Å². The predicted molar refractivity (Wildman–Crippen MR) is 66.2 cm³/mol. The van der Waals surface area contributed by atoms with Crippen molar-refractivity contribution in [3.63, 3.8) is 0 Å². The van der Waals surface area contributed by atoms with Gasteiger partial charge in [-0.2, -0.15) is 13.2 Å². The maximum absolute atomic E-state index is 12.5. The van der Waals surface area contributed by atoms with Gasteiger partial charge in [0.2, 0.25) is 5.91 Å². The first kappa shape index (κ1) is 15.5. The molecule has 0 spiro atoms. The first-order chi connectivity index (χ1) is 8.84. The van der Waals surface area contributed by atoms with Gasteiger partial charge in [0.05, 0.1) is 11.6 Å². The van der Waals surface area contributed by atoms with E-state index in [1.807, 2.05) is 6.92 Å². The van der Waals surface area contributed by atoms with Gasteiger partial charge in [-0.25, -0.2) is 0 Å². The molecular weight excluding hydrogens is 257 g/mol. The summed E-state index contributed by atoms with van der Waals surface area (Å²) in [6.07, 6.45) is -3.05. The lowest BCUT2D eigenvalue weighted by molar-refractivity contribution is -0.137. The topological polar surface area (TPSA) is 55.1 Å². The zero-order chi connectivity index (χ0) is 14.5. The Hall–Kier alpha value is -1.56. The number of alkyl halides is 3. The number of halogens is 3. The van der Waals surface area contributed by atoms with E-state index in [1.165, 1.54) is 12.1 Å². The van der Waals surface area contributed by atoms with Gasteiger partial charge in [-0.3, -0.25) is 4.79 Å². The number of amides is 1. The molecule has 3 N–H and O–H groups in total. The van der Waals surface area contributed by atoms with E-state index in [9.17, 15) is 18.0 Å². The highest BCUT2D eigenvalue weighted by atomic mass is 19.4. The van der Waals surface area contributed by atoms with Crippen molar-refractivity contribution in [2.45, 2.75) is 38.5 Å². The van der Waals surface area contributed by atoms with Gasteiger partial charge in [-0.1, -0.05) is 25.5 Å². The van der Waals surface area contributed by atoms with E-state index >= 15 is 0 Å². The van der Waals surface area contributed by atoms with E-state index in [1.54, 1.807) is 0 Å². The smallest absolute Gasteiger partial charge is 0.351 e. The number of rotatable bonds is 5. The minimum atomic E-state index is -4.38. The van der Waals surface area contributed by atoms with Crippen molar-refractivity contribution in [2.75, 3.05) is 0 Å². The molecule has 1 aromatic carbocycles. The summed E-state index contributed by atoms with van der Waals surface area (Å²) >= 11 is 0. The Morgan fingerprint density at radius 1 is 1.42 bits per heavy atom. The lowest BCUT2D eigenvalue weighted by Crippen LogP contribution is -2.40. The molecule has 0 aliphatic heterocycles. The molecule has 0 aliphatic carbocycles. The Bertz CT molecular complexity index is 432. The molecule has 0 saturated heterocycles. The lowest BCUT2D eigenvalue weighted by atomic mass is 10.1. The molecule has 0 fully saturated rings. The molecule has 0 saturated carbocycles. The SMILES string of the molecule is CCCC(N)C(=O)NCc1cccc(C(F)(F)F)c1. The molecule has 0 bridgehead atoms. The van der Waals surface area contributed by atoms with E-state index in [0.717, 1.165) is 18.6 Å². The average molecular weight is 274 g/mol. The highest BCUT2D eigenvalue weighted by Crippen LogP contribution is 2.29. The first-order valence-electron chi connectivity index (χ1n) is 6.04. The standard InChI is InChI=1S/C13H17F3N2O/c1-2-4-11(17)12(19)18-8-9-5-3-6-10(7-9)13(14,15)16/h3,5-7,11H,2,4,8,17H2,1H3,(H,18,19). The fraction of sp³-hybridized carbons (Fsp3) is 0.462. The number of carbonyl (C=O) groups excluding carboxylic acids is 1. The minimum Gasteiger partial charge on any atom is -0.351 e. The van der Waals surface area contributed by atoms with Crippen molar-refractivity contribution < 1.29 is 18.0 Å². The summed E-state index contributed by atoms with van der Waals surface area (Å²) in [5.74, 6) is -0.348. The van der Waals surface area contributed by atoms with Gasteiger partial charge >= 0.3 is 6.18 Å². The van der Waals surface area contributed by atoms with Crippen molar-refractivity contribution >= 4 is 5.91 Å². The third kappa shape index (κ3) is 4.90. The van der Waals surface area contributed by atoms with Crippen molar-refractivity contribution in [3.05, 3.63) is 35.4 Å². The van der Waals surface area contributed by atoms with Crippen LogP contribution in [-0.2, 0) is 17.5 Å². The second-order valence-corrected chi connectivity index (χ2v) is 4.31. The van der Waals surface area contributed by atoms with Crippen LogP contribution < -0.4 is 11.1 Å². The molecule has 6 heteroatoms. The molecule has 3 nitrogen and oxygen atoms in total. The molecule has 1 unspecified atom stereocenters. The molecule has 106 valence electrons. The van der Waals surface area contributed by atoms with Crippen LogP contribution in [-0.4, -0.2) is 11.9 Å². The molecule has 19 heavy (non-hydrogen) atoms. The van der Waals surface area contributed by atoms with E-state index in [2.05, 4.69) is 5.32 Å². The van der Waals surface area contributed by atoms with Crippen molar-refractivity contribution in [2.24, 2.45) is 5.73 Å². The Kier molecular flexibility index (Phi) is 5.35. The highest BCUT2D eigenvalue weighted by Gasteiger charge is 2.30. The quantitative estimate of drug-likeness (QED) is 0.866. The number of nitrogens with two attached hydrogens (primary N) is 1. The van der Waals surface area contributed by atoms with Crippen LogP contribution in [0.25, 0.3) is 0 Å². The summed E-state index contributed by atoms with van der Waals surface area (Å²) in [6, 6.07) is 4.24.